The normalized spacial score (nSPS) is 33.8. The summed E-state index contributed by atoms with van der Waals surface area (Å²) in [4.78, 5) is 0. The summed E-state index contributed by atoms with van der Waals surface area (Å²) in [7, 11) is 0. The Labute approximate surface area is 128 Å². The van der Waals surface area contributed by atoms with Crippen molar-refractivity contribution in [1.29, 1.82) is 0 Å². The van der Waals surface area contributed by atoms with Crippen LogP contribution in [0.2, 0.25) is 0 Å². The van der Waals surface area contributed by atoms with Gasteiger partial charge < -0.3 is 10.5 Å². The number of ether oxygens (including phenoxy) is 1. The molecule has 2 nitrogen and oxygen atoms in total. The van der Waals surface area contributed by atoms with Gasteiger partial charge >= 0.3 is 0 Å². The Hall–Kier alpha value is -1.02. The Morgan fingerprint density at radius 3 is 2.86 bits per heavy atom. The van der Waals surface area contributed by atoms with Crippen LogP contribution in [0.25, 0.3) is 0 Å². The lowest BCUT2D eigenvalue weighted by Crippen LogP contribution is -2.21. The number of hydrogen-bond donors (Lipinski definition) is 1. The van der Waals surface area contributed by atoms with Gasteiger partial charge in [0, 0.05) is 17.0 Å². The predicted octanol–water partition coefficient (Wildman–Crippen LogP) is 4.18. The zero-order valence-electron chi connectivity index (χ0n) is 13.3. The molecule has 4 rings (SSSR count). The summed E-state index contributed by atoms with van der Waals surface area (Å²) in [6.45, 7) is 5.29. The minimum Gasteiger partial charge on any atom is -0.492 e. The van der Waals surface area contributed by atoms with Crippen molar-refractivity contribution < 1.29 is 4.74 Å². The maximum atomic E-state index is 6.55. The maximum Gasteiger partial charge on any atom is 0.123 e. The Morgan fingerprint density at radius 1 is 1.29 bits per heavy atom. The molecule has 1 heterocycles. The molecule has 3 aliphatic rings. The van der Waals surface area contributed by atoms with E-state index in [9.17, 15) is 0 Å². The second kappa shape index (κ2) is 4.74. The summed E-state index contributed by atoms with van der Waals surface area (Å²) in [5.74, 6) is 3.90. The van der Waals surface area contributed by atoms with E-state index >= 15 is 0 Å². The van der Waals surface area contributed by atoms with E-state index in [2.05, 4.69) is 32.0 Å². The first kappa shape index (κ1) is 13.6. The van der Waals surface area contributed by atoms with Crippen molar-refractivity contribution in [2.75, 3.05) is 6.61 Å². The van der Waals surface area contributed by atoms with Crippen molar-refractivity contribution in [2.45, 2.75) is 57.4 Å². The van der Waals surface area contributed by atoms with Crippen LogP contribution in [0, 0.1) is 17.8 Å². The fourth-order valence-corrected chi connectivity index (χ4v) is 4.90. The molecule has 2 N–H and O–H groups in total. The highest BCUT2D eigenvalue weighted by Gasteiger charge is 2.40. The van der Waals surface area contributed by atoms with Gasteiger partial charge in [-0.1, -0.05) is 26.3 Å². The molecule has 0 saturated heterocycles. The molecular weight excluding hydrogens is 258 g/mol. The van der Waals surface area contributed by atoms with Gasteiger partial charge in [0.2, 0.25) is 0 Å². The van der Waals surface area contributed by atoms with Gasteiger partial charge in [0.05, 0.1) is 6.61 Å². The van der Waals surface area contributed by atoms with Gasteiger partial charge in [-0.3, -0.25) is 0 Å². The fourth-order valence-electron chi connectivity index (χ4n) is 4.90. The first-order chi connectivity index (χ1) is 10.0. The van der Waals surface area contributed by atoms with Crippen LogP contribution < -0.4 is 10.5 Å². The van der Waals surface area contributed by atoms with E-state index in [1.807, 2.05) is 0 Å². The molecule has 2 fully saturated rings. The standard InChI is InChI=1S/C19H27NO/c1-19(2)11-21-18-6-5-14(9-16(18)19)17(20)10-15-8-12-3-4-13(15)7-12/h5-6,9,12-13,15,17H,3-4,7-8,10-11,20H2,1-2H3. The van der Waals surface area contributed by atoms with Gasteiger partial charge in [0.1, 0.15) is 5.75 Å². The molecule has 1 aromatic carbocycles. The van der Waals surface area contributed by atoms with Crippen molar-refractivity contribution >= 4 is 0 Å². The monoisotopic (exact) mass is 285 g/mol. The van der Waals surface area contributed by atoms with Crippen LogP contribution in [0.1, 0.15) is 63.1 Å². The van der Waals surface area contributed by atoms with E-state index in [0.29, 0.717) is 0 Å². The number of nitrogens with two attached hydrogens (primary N) is 1. The van der Waals surface area contributed by atoms with Crippen molar-refractivity contribution in [3.63, 3.8) is 0 Å². The molecule has 2 heteroatoms. The molecule has 2 saturated carbocycles. The highest BCUT2D eigenvalue weighted by Crippen LogP contribution is 2.51. The Balaban J connectivity index is 1.51. The number of rotatable bonds is 3. The Kier molecular flexibility index (Phi) is 3.08. The Morgan fingerprint density at radius 2 is 2.14 bits per heavy atom. The van der Waals surface area contributed by atoms with Crippen LogP contribution in [0.5, 0.6) is 5.75 Å². The van der Waals surface area contributed by atoms with E-state index < -0.39 is 0 Å². The van der Waals surface area contributed by atoms with Crippen LogP contribution in [0.15, 0.2) is 18.2 Å². The fraction of sp³-hybridized carbons (Fsp3) is 0.684. The molecule has 0 radical (unpaired) electrons. The minimum atomic E-state index is 0.123. The van der Waals surface area contributed by atoms with Crippen molar-refractivity contribution in [2.24, 2.45) is 23.5 Å². The molecule has 21 heavy (non-hydrogen) atoms. The summed E-state index contributed by atoms with van der Waals surface area (Å²) < 4.78 is 5.78. The van der Waals surface area contributed by atoms with Crippen LogP contribution >= 0.6 is 0 Å². The van der Waals surface area contributed by atoms with Gasteiger partial charge in [-0.2, -0.15) is 0 Å². The third kappa shape index (κ3) is 2.28. The molecule has 4 unspecified atom stereocenters. The third-order valence-corrected chi connectivity index (χ3v) is 6.19. The predicted molar refractivity (Wildman–Crippen MR) is 85.4 cm³/mol. The molecular formula is C19H27NO. The molecule has 1 aromatic rings. The first-order valence-corrected chi connectivity index (χ1v) is 8.56. The lowest BCUT2D eigenvalue weighted by Gasteiger charge is -2.25. The first-order valence-electron chi connectivity index (χ1n) is 8.56. The Bertz CT molecular complexity index is 550. The van der Waals surface area contributed by atoms with E-state index in [4.69, 9.17) is 10.5 Å². The van der Waals surface area contributed by atoms with Crippen LogP contribution in [0.3, 0.4) is 0 Å². The van der Waals surface area contributed by atoms with Gasteiger partial charge in [0.15, 0.2) is 0 Å². The molecule has 4 atom stereocenters. The van der Waals surface area contributed by atoms with Gasteiger partial charge in [-0.05, 0) is 61.1 Å². The molecule has 2 bridgehead atoms. The van der Waals surface area contributed by atoms with E-state index in [0.717, 1.165) is 30.1 Å². The summed E-state index contributed by atoms with van der Waals surface area (Å²) in [5, 5.41) is 0. The quantitative estimate of drug-likeness (QED) is 0.904. The summed E-state index contributed by atoms with van der Waals surface area (Å²) >= 11 is 0. The smallest absolute Gasteiger partial charge is 0.123 e. The average molecular weight is 285 g/mol. The summed E-state index contributed by atoms with van der Waals surface area (Å²) in [6, 6.07) is 6.80. The molecule has 0 aromatic heterocycles. The SMILES string of the molecule is CC1(C)COc2ccc(C(N)CC3CC4CCC3C4)cc21. The minimum absolute atomic E-state index is 0.123. The number of benzene rings is 1. The largest absolute Gasteiger partial charge is 0.492 e. The van der Waals surface area contributed by atoms with E-state index in [-0.39, 0.29) is 11.5 Å². The highest BCUT2D eigenvalue weighted by atomic mass is 16.5. The second-order valence-electron chi connectivity index (χ2n) is 8.21. The van der Waals surface area contributed by atoms with Crippen LogP contribution in [-0.2, 0) is 5.41 Å². The third-order valence-electron chi connectivity index (χ3n) is 6.19. The summed E-state index contributed by atoms with van der Waals surface area (Å²) in [5.41, 5.74) is 9.31. The highest BCUT2D eigenvalue weighted by molar-refractivity contribution is 5.45. The molecule has 0 amide bonds. The number of hydrogen-bond acceptors (Lipinski definition) is 2. The van der Waals surface area contributed by atoms with Crippen LogP contribution in [-0.4, -0.2) is 6.61 Å². The van der Waals surface area contributed by atoms with Crippen LogP contribution in [0.4, 0.5) is 0 Å². The van der Waals surface area contributed by atoms with Gasteiger partial charge in [0.25, 0.3) is 0 Å². The van der Waals surface area contributed by atoms with Crippen molar-refractivity contribution in [1.82, 2.24) is 0 Å². The maximum absolute atomic E-state index is 6.55. The molecule has 114 valence electrons. The molecule has 0 spiro atoms. The lowest BCUT2D eigenvalue weighted by molar-refractivity contribution is 0.291. The van der Waals surface area contributed by atoms with Gasteiger partial charge in [-0.15, -0.1) is 0 Å². The van der Waals surface area contributed by atoms with Crippen molar-refractivity contribution in [3.05, 3.63) is 29.3 Å². The van der Waals surface area contributed by atoms with Crippen molar-refractivity contribution in [3.8, 4) is 5.75 Å². The second-order valence-corrected chi connectivity index (χ2v) is 8.21. The molecule has 2 aliphatic carbocycles. The summed E-state index contributed by atoms with van der Waals surface area (Å²) in [6.07, 6.45) is 7.00. The van der Waals surface area contributed by atoms with E-state index in [1.165, 1.54) is 43.2 Å². The van der Waals surface area contributed by atoms with E-state index in [1.54, 1.807) is 0 Å². The zero-order valence-corrected chi connectivity index (χ0v) is 13.3. The average Bonchev–Trinajstić information content (AvgIpc) is 3.14. The number of fused-ring (bicyclic) bond motifs is 3. The lowest BCUT2D eigenvalue weighted by atomic mass is 9.81. The topological polar surface area (TPSA) is 35.2 Å². The van der Waals surface area contributed by atoms with Gasteiger partial charge in [-0.25, -0.2) is 0 Å². The molecule has 1 aliphatic heterocycles. The zero-order chi connectivity index (χ0) is 14.6.